The van der Waals surface area contributed by atoms with Crippen LogP contribution in [-0.2, 0) is 30.9 Å². The molecule has 32 heavy (non-hydrogen) atoms. The largest absolute Gasteiger partial charge is 0.455 e. The Bertz CT molecular complexity index is 1020. The molecule has 2 aromatic carbocycles. The predicted molar refractivity (Wildman–Crippen MR) is 116 cm³/mol. The molecule has 0 aliphatic carbocycles. The molecule has 2 aromatic rings. The van der Waals surface area contributed by atoms with Crippen molar-refractivity contribution in [2.75, 3.05) is 26.2 Å². The Morgan fingerprint density at radius 1 is 1.06 bits per heavy atom. The number of sulfonamides is 1. The van der Waals surface area contributed by atoms with E-state index in [0.29, 0.717) is 25.9 Å². The second kappa shape index (κ2) is 10.7. The van der Waals surface area contributed by atoms with Crippen molar-refractivity contribution >= 4 is 21.9 Å². The highest BCUT2D eigenvalue weighted by Crippen LogP contribution is 2.25. The van der Waals surface area contributed by atoms with Gasteiger partial charge in [-0.15, -0.1) is 0 Å². The number of carbonyl (C=O) groups excluding carboxylic acids is 2. The van der Waals surface area contributed by atoms with Crippen LogP contribution in [0.3, 0.4) is 0 Å². The highest BCUT2D eigenvalue weighted by atomic mass is 32.2. The third kappa shape index (κ3) is 5.92. The third-order valence-corrected chi connectivity index (χ3v) is 7.44. The van der Waals surface area contributed by atoms with E-state index in [2.05, 4.69) is 0 Å². The third-order valence-electron chi connectivity index (χ3n) is 5.53. The molecule has 0 N–H and O–H groups in total. The molecule has 0 atom stereocenters. The Morgan fingerprint density at radius 2 is 1.69 bits per heavy atom. The quantitative estimate of drug-likeness (QED) is 0.564. The summed E-state index contributed by atoms with van der Waals surface area (Å²) < 4.78 is 45.0. The second-order valence-electron chi connectivity index (χ2n) is 7.63. The van der Waals surface area contributed by atoms with Crippen molar-refractivity contribution in [3.8, 4) is 0 Å². The molecule has 3 rings (SSSR count). The lowest BCUT2D eigenvalue weighted by molar-refractivity contribution is -0.156. The lowest BCUT2D eigenvalue weighted by Gasteiger charge is -2.30. The molecule has 1 amide bonds. The summed E-state index contributed by atoms with van der Waals surface area (Å²) in [6, 6.07) is 14.2. The van der Waals surface area contributed by atoms with E-state index in [-0.39, 0.29) is 30.5 Å². The number of ether oxygens (including phenoxy) is 1. The van der Waals surface area contributed by atoms with E-state index in [1.165, 1.54) is 16.4 Å². The first-order chi connectivity index (χ1) is 15.3. The summed E-state index contributed by atoms with van der Waals surface area (Å²) in [4.78, 5) is 26.5. The zero-order valence-electron chi connectivity index (χ0n) is 17.9. The van der Waals surface area contributed by atoms with Crippen LogP contribution >= 0.6 is 0 Å². The molecule has 0 spiro atoms. The number of esters is 1. The van der Waals surface area contributed by atoms with Crippen molar-refractivity contribution in [3.63, 3.8) is 0 Å². The number of rotatable bonds is 8. The normalized spacial score (nSPS) is 15.3. The summed E-state index contributed by atoms with van der Waals surface area (Å²) in [5.41, 5.74) is 0.990. The maximum absolute atomic E-state index is 13.1. The number of benzene rings is 2. The number of halogens is 1. The van der Waals surface area contributed by atoms with Crippen LogP contribution in [0.15, 0.2) is 59.5 Å². The molecule has 1 aliphatic rings. The van der Waals surface area contributed by atoms with Crippen LogP contribution < -0.4 is 0 Å². The van der Waals surface area contributed by atoms with Crippen LogP contribution in [0, 0.1) is 11.7 Å². The SMILES string of the molecule is CCN(Cc1ccccc1)C(=O)COC(=O)C1CCN(S(=O)(=O)c2ccc(F)cc2)CC1. The molecule has 0 aromatic heterocycles. The van der Waals surface area contributed by atoms with Gasteiger partial charge in [0.15, 0.2) is 6.61 Å². The van der Waals surface area contributed by atoms with Crippen LogP contribution in [0.4, 0.5) is 4.39 Å². The highest BCUT2D eigenvalue weighted by Gasteiger charge is 2.33. The molecule has 172 valence electrons. The molecule has 0 unspecified atom stereocenters. The Labute approximate surface area is 187 Å². The van der Waals surface area contributed by atoms with Crippen LogP contribution in [0.1, 0.15) is 25.3 Å². The van der Waals surface area contributed by atoms with Gasteiger partial charge in [0, 0.05) is 26.2 Å². The average Bonchev–Trinajstić information content (AvgIpc) is 2.81. The first-order valence-corrected chi connectivity index (χ1v) is 12.0. The van der Waals surface area contributed by atoms with Crippen molar-refractivity contribution in [3.05, 3.63) is 66.0 Å². The number of carbonyl (C=O) groups is 2. The van der Waals surface area contributed by atoms with Crippen LogP contribution in [0.2, 0.25) is 0 Å². The molecule has 0 radical (unpaired) electrons. The minimum absolute atomic E-state index is 0.0172. The summed E-state index contributed by atoms with van der Waals surface area (Å²) in [6.45, 7) is 2.76. The summed E-state index contributed by atoms with van der Waals surface area (Å²) in [7, 11) is -3.74. The Kier molecular flexibility index (Phi) is 7.98. The molecule has 1 heterocycles. The zero-order valence-corrected chi connectivity index (χ0v) is 18.8. The van der Waals surface area contributed by atoms with Gasteiger partial charge < -0.3 is 9.64 Å². The second-order valence-corrected chi connectivity index (χ2v) is 9.57. The molecule has 0 saturated carbocycles. The van der Waals surface area contributed by atoms with E-state index in [1.54, 1.807) is 4.90 Å². The zero-order chi connectivity index (χ0) is 23.1. The Balaban J connectivity index is 1.48. The minimum atomic E-state index is -3.74. The number of hydrogen-bond acceptors (Lipinski definition) is 5. The van der Waals surface area contributed by atoms with Gasteiger partial charge in [-0.3, -0.25) is 9.59 Å². The fraction of sp³-hybridized carbons (Fsp3) is 0.391. The molecule has 9 heteroatoms. The summed E-state index contributed by atoms with van der Waals surface area (Å²) in [5.74, 6) is -1.74. The highest BCUT2D eigenvalue weighted by molar-refractivity contribution is 7.89. The van der Waals surface area contributed by atoms with E-state index in [0.717, 1.165) is 17.7 Å². The van der Waals surface area contributed by atoms with Gasteiger partial charge >= 0.3 is 5.97 Å². The molecule has 1 aliphatic heterocycles. The van der Waals surface area contributed by atoms with Crippen LogP contribution in [0.25, 0.3) is 0 Å². The van der Waals surface area contributed by atoms with Gasteiger partial charge in [0.05, 0.1) is 10.8 Å². The molecule has 7 nitrogen and oxygen atoms in total. The molecule has 1 saturated heterocycles. The van der Waals surface area contributed by atoms with Gasteiger partial charge in [-0.25, -0.2) is 12.8 Å². The van der Waals surface area contributed by atoms with Crippen molar-refractivity contribution in [2.24, 2.45) is 5.92 Å². The van der Waals surface area contributed by atoms with Gasteiger partial charge in [-0.05, 0) is 49.6 Å². The first kappa shape index (κ1) is 23.9. The smallest absolute Gasteiger partial charge is 0.309 e. The van der Waals surface area contributed by atoms with Crippen molar-refractivity contribution < 1.29 is 27.1 Å². The van der Waals surface area contributed by atoms with Gasteiger partial charge in [0.25, 0.3) is 5.91 Å². The number of piperidine rings is 1. The van der Waals surface area contributed by atoms with Crippen molar-refractivity contribution in [1.29, 1.82) is 0 Å². The predicted octanol–water partition coefficient (Wildman–Crippen LogP) is 2.82. The minimum Gasteiger partial charge on any atom is -0.455 e. The molecular weight excluding hydrogens is 435 g/mol. The lowest BCUT2D eigenvalue weighted by atomic mass is 9.98. The average molecular weight is 463 g/mol. The monoisotopic (exact) mass is 462 g/mol. The lowest BCUT2D eigenvalue weighted by Crippen LogP contribution is -2.41. The van der Waals surface area contributed by atoms with Gasteiger partial charge in [-0.2, -0.15) is 4.31 Å². The van der Waals surface area contributed by atoms with E-state index < -0.39 is 27.7 Å². The van der Waals surface area contributed by atoms with Crippen LogP contribution in [-0.4, -0.2) is 55.7 Å². The van der Waals surface area contributed by atoms with Gasteiger partial charge in [-0.1, -0.05) is 30.3 Å². The van der Waals surface area contributed by atoms with Crippen molar-refractivity contribution in [1.82, 2.24) is 9.21 Å². The van der Waals surface area contributed by atoms with Crippen molar-refractivity contribution in [2.45, 2.75) is 31.2 Å². The summed E-state index contributed by atoms with van der Waals surface area (Å²) in [5, 5.41) is 0. The maximum atomic E-state index is 13.1. The Morgan fingerprint density at radius 3 is 2.28 bits per heavy atom. The fourth-order valence-electron chi connectivity index (χ4n) is 3.61. The molecular formula is C23H27FN2O5S. The number of likely N-dealkylation sites (N-methyl/N-ethyl adjacent to an activating group) is 1. The standard InChI is InChI=1S/C23H27FN2O5S/c1-2-25(16-18-6-4-3-5-7-18)22(27)17-31-23(28)19-12-14-26(15-13-19)32(29,30)21-10-8-20(24)9-11-21/h3-11,19H,2,12-17H2,1H3. The van der Waals surface area contributed by atoms with Crippen LogP contribution in [0.5, 0.6) is 0 Å². The topological polar surface area (TPSA) is 84.0 Å². The molecule has 0 bridgehead atoms. The number of amides is 1. The van der Waals surface area contributed by atoms with E-state index in [9.17, 15) is 22.4 Å². The summed E-state index contributed by atoms with van der Waals surface area (Å²) in [6.07, 6.45) is 0.601. The first-order valence-electron chi connectivity index (χ1n) is 10.6. The number of hydrogen-bond donors (Lipinski definition) is 0. The van der Waals surface area contributed by atoms with E-state index >= 15 is 0 Å². The van der Waals surface area contributed by atoms with Gasteiger partial charge in [0.1, 0.15) is 5.82 Å². The van der Waals surface area contributed by atoms with E-state index in [1.807, 2.05) is 37.3 Å². The molecule has 1 fully saturated rings. The number of nitrogens with zero attached hydrogens (tertiary/aromatic N) is 2. The van der Waals surface area contributed by atoms with Gasteiger partial charge in [0.2, 0.25) is 10.0 Å². The fourth-order valence-corrected chi connectivity index (χ4v) is 5.08. The van der Waals surface area contributed by atoms with E-state index in [4.69, 9.17) is 4.74 Å². The maximum Gasteiger partial charge on any atom is 0.309 e. The Hall–Kier alpha value is -2.78. The summed E-state index contributed by atoms with van der Waals surface area (Å²) >= 11 is 0.